The summed E-state index contributed by atoms with van der Waals surface area (Å²) in [7, 11) is 0. The zero-order valence-electron chi connectivity index (χ0n) is 20.1. The van der Waals surface area contributed by atoms with Gasteiger partial charge in [0.2, 0.25) is 5.75 Å². The van der Waals surface area contributed by atoms with Crippen LogP contribution < -0.4 is 4.74 Å². The number of carbonyl (C=O) groups is 2. The van der Waals surface area contributed by atoms with Gasteiger partial charge in [0, 0.05) is 6.07 Å². The highest BCUT2D eigenvalue weighted by Crippen LogP contribution is 2.40. The molecule has 5 rings (SSSR count). The molecule has 1 aliphatic rings. The fourth-order valence-corrected chi connectivity index (χ4v) is 5.43. The molecule has 40 heavy (non-hydrogen) atoms. The van der Waals surface area contributed by atoms with Gasteiger partial charge in [0.05, 0.1) is 26.4 Å². The molecule has 0 aliphatic carbocycles. The molecule has 7 nitrogen and oxygen atoms in total. The number of halogens is 4. The van der Waals surface area contributed by atoms with Gasteiger partial charge in [0.15, 0.2) is 0 Å². The Labute approximate surface area is 237 Å². The Hall–Kier alpha value is -4.16. The first-order valence-corrected chi connectivity index (χ1v) is 13.2. The molecule has 1 fully saturated rings. The molecule has 202 valence electrons. The van der Waals surface area contributed by atoms with Crippen molar-refractivity contribution in [1.82, 2.24) is 4.90 Å². The van der Waals surface area contributed by atoms with Crippen LogP contribution in [-0.2, 0) is 17.5 Å². The van der Waals surface area contributed by atoms with Crippen molar-refractivity contribution in [3.8, 4) is 11.5 Å². The maximum atomic E-state index is 13.1. The molecule has 2 amide bonds. The summed E-state index contributed by atoms with van der Waals surface area (Å²) in [6.07, 6.45) is -3.22. The first-order valence-electron chi connectivity index (χ1n) is 11.6. The molecule has 4 aromatic carbocycles. The normalized spacial score (nSPS) is 14.8. The Bertz CT molecular complexity index is 1720. The smallest absolute Gasteiger partial charge is 0.416 e. The van der Waals surface area contributed by atoms with Gasteiger partial charge in [-0.1, -0.05) is 48.5 Å². The van der Waals surface area contributed by atoms with Gasteiger partial charge >= 0.3 is 11.9 Å². The van der Waals surface area contributed by atoms with E-state index >= 15 is 0 Å². The number of imide groups is 1. The molecule has 0 spiro atoms. The highest BCUT2D eigenvalue weighted by molar-refractivity contribution is 9.10. The number of fused-ring (bicyclic) bond motifs is 1. The molecule has 0 N–H and O–H groups in total. The van der Waals surface area contributed by atoms with Crippen LogP contribution in [0.3, 0.4) is 0 Å². The Morgan fingerprint density at radius 3 is 2.42 bits per heavy atom. The maximum absolute atomic E-state index is 13.1. The highest BCUT2D eigenvalue weighted by atomic mass is 79.9. The fraction of sp³-hybridized carbons (Fsp3) is 0.0714. The van der Waals surface area contributed by atoms with Crippen molar-refractivity contribution in [3.63, 3.8) is 0 Å². The number of thioether (sulfide) groups is 1. The molecule has 0 aromatic heterocycles. The van der Waals surface area contributed by atoms with E-state index in [0.29, 0.717) is 22.2 Å². The van der Waals surface area contributed by atoms with E-state index in [1.807, 2.05) is 42.5 Å². The van der Waals surface area contributed by atoms with E-state index in [1.54, 1.807) is 12.1 Å². The molecule has 0 unspecified atom stereocenters. The lowest BCUT2D eigenvalue weighted by Gasteiger charge is -2.14. The van der Waals surface area contributed by atoms with Crippen LogP contribution in [0.25, 0.3) is 16.8 Å². The van der Waals surface area contributed by atoms with Crippen molar-refractivity contribution >= 4 is 61.4 Å². The first-order chi connectivity index (χ1) is 19.0. The molecule has 0 bridgehead atoms. The van der Waals surface area contributed by atoms with Crippen molar-refractivity contribution in [2.45, 2.75) is 12.7 Å². The second kappa shape index (κ2) is 10.8. The Balaban J connectivity index is 1.36. The van der Waals surface area contributed by atoms with Crippen LogP contribution in [0.15, 0.2) is 88.2 Å². The third-order valence-electron chi connectivity index (χ3n) is 6.04. The minimum absolute atomic E-state index is 0.101. The summed E-state index contributed by atoms with van der Waals surface area (Å²) in [6, 6.07) is 19.9. The number of hydrogen-bond donors (Lipinski definition) is 0. The van der Waals surface area contributed by atoms with Crippen molar-refractivity contribution in [2.75, 3.05) is 0 Å². The number of ether oxygens (including phenoxy) is 1. The monoisotopic (exact) mass is 628 g/mol. The standard InChI is InChI=1S/C28H16BrF3N2O5S/c29-21-12-16(8-10-23(21)39-24-11-9-19(28(30,31)32)14-22(24)34(37)38)13-25-26(35)33(27(36)40-25)15-18-6-3-5-17-4-1-2-7-20(17)18/h1-14H,15H2/b25-13-. The van der Waals surface area contributed by atoms with E-state index < -0.39 is 33.5 Å². The van der Waals surface area contributed by atoms with E-state index in [1.165, 1.54) is 17.0 Å². The topological polar surface area (TPSA) is 89.7 Å². The maximum Gasteiger partial charge on any atom is 0.416 e. The quantitative estimate of drug-likeness (QED) is 0.121. The predicted octanol–water partition coefficient (Wildman–Crippen LogP) is 8.56. The largest absolute Gasteiger partial charge is 0.449 e. The lowest BCUT2D eigenvalue weighted by molar-refractivity contribution is -0.385. The average molecular weight is 629 g/mol. The molecule has 0 atom stereocenters. The van der Waals surface area contributed by atoms with Gasteiger partial charge < -0.3 is 4.74 Å². The molecule has 4 aromatic rings. The van der Waals surface area contributed by atoms with E-state index in [4.69, 9.17) is 4.74 Å². The van der Waals surface area contributed by atoms with Gasteiger partial charge in [0.1, 0.15) is 5.75 Å². The summed E-state index contributed by atoms with van der Waals surface area (Å²) < 4.78 is 44.8. The van der Waals surface area contributed by atoms with Gasteiger partial charge in [-0.2, -0.15) is 13.2 Å². The van der Waals surface area contributed by atoms with E-state index in [2.05, 4.69) is 15.9 Å². The fourth-order valence-electron chi connectivity index (χ4n) is 4.12. The Morgan fingerprint density at radius 2 is 1.70 bits per heavy atom. The van der Waals surface area contributed by atoms with Crippen LogP contribution in [-0.4, -0.2) is 21.0 Å². The molecular weight excluding hydrogens is 613 g/mol. The summed E-state index contributed by atoms with van der Waals surface area (Å²) in [5, 5.41) is 12.9. The second-order valence-electron chi connectivity index (χ2n) is 8.64. The van der Waals surface area contributed by atoms with Crippen molar-refractivity contribution in [2.24, 2.45) is 0 Å². The molecule has 1 saturated heterocycles. The van der Waals surface area contributed by atoms with Crippen LogP contribution in [0.5, 0.6) is 11.5 Å². The average Bonchev–Trinajstić information content (AvgIpc) is 3.17. The molecular formula is C28H16BrF3N2O5S. The summed E-state index contributed by atoms with van der Waals surface area (Å²) in [5.74, 6) is -0.718. The number of alkyl halides is 3. The van der Waals surface area contributed by atoms with Crippen molar-refractivity contribution in [3.05, 3.63) is 115 Å². The number of nitro benzene ring substituents is 1. The van der Waals surface area contributed by atoms with Gasteiger partial charge in [-0.25, -0.2) is 0 Å². The molecule has 0 saturated carbocycles. The van der Waals surface area contributed by atoms with Crippen LogP contribution >= 0.6 is 27.7 Å². The number of carbonyl (C=O) groups excluding carboxylic acids is 2. The van der Waals surface area contributed by atoms with E-state index in [0.717, 1.165) is 34.2 Å². The van der Waals surface area contributed by atoms with Crippen molar-refractivity contribution < 1.29 is 32.4 Å². The Kier molecular flexibility index (Phi) is 7.39. The third kappa shape index (κ3) is 5.58. The van der Waals surface area contributed by atoms with Crippen molar-refractivity contribution in [1.29, 1.82) is 0 Å². The minimum Gasteiger partial charge on any atom is -0.449 e. The van der Waals surface area contributed by atoms with Crippen LogP contribution in [0.2, 0.25) is 0 Å². The lowest BCUT2D eigenvalue weighted by atomic mass is 10.0. The number of benzene rings is 4. The van der Waals surface area contributed by atoms with Crippen LogP contribution in [0.1, 0.15) is 16.7 Å². The van der Waals surface area contributed by atoms with Crippen LogP contribution in [0.4, 0.5) is 23.7 Å². The number of rotatable bonds is 6. The molecule has 1 aliphatic heterocycles. The highest BCUT2D eigenvalue weighted by Gasteiger charge is 2.36. The van der Waals surface area contributed by atoms with E-state index in [-0.39, 0.29) is 22.9 Å². The lowest BCUT2D eigenvalue weighted by Crippen LogP contribution is -2.27. The van der Waals surface area contributed by atoms with Gasteiger partial charge in [-0.05, 0) is 79.9 Å². The summed E-state index contributed by atoms with van der Waals surface area (Å²) in [6.45, 7) is 0.117. The SMILES string of the molecule is O=C1S/C(=C\c2ccc(Oc3ccc(C(F)(F)F)cc3[N+](=O)[O-])c(Br)c2)C(=O)N1Cc1cccc2ccccc12. The molecule has 12 heteroatoms. The van der Waals surface area contributed by atoms with Gasteiger partial charge in [0.25, 0.3) is 11.1 Å². The predicted molar refractivity (Wildman–Crippen MR) is 148 cm³/mol. The number of hydrogen-bond acceptors (Lipinski definition) is 6. The molecule has 0 radical (unpaired) electrons. The minimum atomic E-state index is -4.75. The summed E-state index contributed by atoms with van der Waals surface area (Å²) in [5.41, 5.74) is -0.652. The summed E-state index contributed by atoms with van der Waals surface area (Å²) >= 11 is 4.10. The number of amides is 2. The zero-order valence-corrected chi connectivity index (χ0v) is 22.5. The van der Waals surface area contributed by atoms with Gasteiger partial charge in [-0.3, -0.25) is 24.6 Å². The number of nitro groups is 1. The molecule has 1 heterocycles. The zero-order chi connectivity index (χ0) is 28.6. The van der Waals surface area contributed by atoms with E-state index in [9.17, 15) is 32.9 Å². The van der Waals surface area contributed by atoms with Gasteiger partial charge in [-0.15, -0.1) is 0 Å². The number of nitrogens with zero attached hydrogens (tertiary/aromatic N) is 2. The third-order valence-corrected chi connectivity index (χ3v) is 7.57. The van der Waals surface area contributed by atoms with Crippen LogP contribution in [0, 0.1) is 10.1 Å². The summed E-state index contributed by atoms with van der Waals surface area (Å²) in [4.78, 5) is 37.6. The second-order valence-corrected chi connectivity index (χ2v) is 10.5. The Morgan fingerprint density at radius 1 is 0.975 bits per heavy atom. The first kappa shape index (κ1) is 27.4.